The van der Waals surface area contributed by atoms with E-state index in [2.05, 4.69) is 40.5 Å². The van der Waals surface area contributed by atoms with Crippen LogP contribution in [0.15, 0.2) is 48.5 Å². The summed E-state index contributed by atoms with van der Waals surface area (Å²) in [7, 11) is 0. The van der Waals surface area contributed by atoms with Crippen LogP contribution in [0.25, 0.3) is 10.1 Å². The summed E-state index contributed by atoms with van der Waals surface area (Å²) in [6.07, 6.45) is 5.55. The van der Waals surface area contributed by atoms with Gasteiger partial charge in [0.1, 0.15) is 10.7 Å². The van der Waals surface area contributed by atoms with E-state index in [0.29, 0.717) is 26.7 Å². The Bertz CT molecular complexity index is 1060. The van der Waals surface area contributed by atoms with E-state index in [-0.39, 0.29) is 17.8 Å². The van der Waals surface area contributed by atoms with Gasteiger partial charge in [0.15, 0.2) is 0 Å². The average molecular weight is 443 g/mol. The maximum Gasteiger partial charge on any atom is 0.263 e. The molecule has 2 fully saturated rings. The first-order valence-electron chi connectivity index (χ1n) is 10.6. The molecule has 3 aromatic rings. The molecule has 0 saturated carbocycles. The number of hydrogen-bond donors (Lipinski definition) is 1. The Balaban J connectivity index is 1.30. The van der Waals surface area contributed by atoms with Crippen LogP contribution < -0.4 is 5.32 Å². The summed E-state index contributed by atoms with van der Waals surface area (Å²) in [4.78, 5) is 16.1. The molecule has 1 aromatic heterocycles. The van der Waals surface area contributed by atoms with Crippen molar-refractivity contribution in [1.29, 1.82) is 0 Å². The van der Waals surface area contributed by atoms with E-state index in [1.807, 2.05) is 0 Å². The summed E-state index contributed by atoms with van der Waals surface area (Å²) in [6, 6.07) is 16.2. The fraction of sp³-hybridized carbons (Fsp3) is 0.375. The Hall–Kier alpha value is -1.95. The van der Waals surface area contributed by atoms with Crippen molar-refractivity contribution in [2.75, 3.05) is 0 Å². The molecule has 0 spiro atoms. The number of piperidine rings is 2. The number of nitrogens with one attached hydrogen (secondary N) is 1. The van der Waals surface area contributed by atoms with Crippen LogP contribution in [0.3, 0.4) is 0 Å². The lowest BCUT2D eigenvalue weighted by Crippen LogP contribution is -2.56. The minimum absolute atomic E-state index is 0.138. The van der Waals surface area contributed by atoms with E-state index in [1.54, 1.807) is 6.07 Å². The molecule has 30 heavy (non-hydrogen) atoms. The third-order valence-electron chi connectivity index (χ3n) is 6.47. The smallest absolute Gasteiger partial charge is 0.263 e. The highest BCUT2D eigenvalue weighted by Crippen LogP contribution is 2.38. The van der Waals surface area contributed by atoms with Crippen molar-refractivity contribution < 1.29 is 9.18 Å². The maximum absolute atomic E-state index is 13.5. The SMILES string of the molecule is O=C(NC1C[C@H]2CCC[C@@H](C1)N2Cc1ccccc1)c1sc2cc(F)ccc2c1Cl. The molecule has 0 radical (unpaired) electrons. The van der Waals surface area contributed by atoms with E-state index < -0.39 is 0 Å². The predicted octanol–water partition coefficient (Wildman–Crippen LogP) is 6.01. The van der Waals surface area contributed by atoms with Crippen LogP contribution in [0.5, 0.6) is 0 Å². The Morgan fingerprint density at radius 1 is 1.13 bits per heavy atom. The lowest BCUT2D eigenvalue weighted by Gasteiger charge is -2.49. The molecule has 1 amide bonds. The van der Waals surface area contributed by atoms with Gasteiger partial charge in [-0.05, 0) is 49.4 Å². The third-order valence-corrected chi connectivity index (χ3v) is 8.12. The second kappa shape index (κ2) is 8.29. The molecule has 2 aromatic carbocycles. The second-order valence-electron chi connectivity index (χ2n) is 8.42. The molecule has 0 aliphatic carbocycles. The number of rotatable bonds is 4. The number of carbonyl (C=O) groups is 1. The standard InChI is InChI=1S/C24H24ClFN2OS/c25-22-20-10-9-16(26)11-21(20)30-23(22)24(29)27-17-12-18-7-4-8-19(13-17)28(18)14-15-5-2-1-3-6-15/h1-3,5-6,9-11,17-19H,4,7-8,12-14H2,(H,27,29)/t17?,18-,19+. The lowest BCUT2D eigenvalue weighted by atomic mass is 9.81. The predicted molar refractivity (Wildman–Crippen MR) is 121 cm³/mol. The molecular formula is C24H24ClFN2OS. The maximum atomic E-state index is 13.5. The van der Waals surface area contributed by atoms with Gasteiger partial charge in [-0.1, -0.05) is 48.4 Å². The van der Waals surface area contributed by atoms with Crippen molar-refractivity contribution >= 4 is 38.9 Å². The highest BCUT2D eigenvalue weighted by molar-refractivity contribution is 7.21. The number of benzene rings is 2. The third kappa shape index (κ3) is 3.86. The molecule has 1 N–H and O–H groups in total. The van der Waals surface area contributed by atoms with E-state index in [0.717, 1.165) is 24.8 Å². The lowest BCUT2D eigenvalue weighted by molar-refractivity contribution is 0.0177. The number of amides is 1. The Morgan fingerprint density at radius 3 is 2.60 bits per heavy atom. The van der Waals surface area contributed by atoms with Gasteiger partial charge < -0.3 is 5.32 Å². The minimum Gasteiger partial charge on any atom is -0.348 e. The summed E-state index contributed by atoms with van der Waals surface area (Å²) in [5, 5.41) is 4.40. The number of carbonyl (C=O) groups excluding carboxylic acids is 1. The van der Waals surface area contributed by atoms with Gasteiger partial charge in [0, 0.05) is 34.8 Å². The second-order valence-corrected chi connectivity index (χ2v) is 9.85. The van der Waals surface area contributed by atoms with Gasteiger partial charge in [0.05, 0.1) is 5.02 Å². The Kier molecular flexibility index (Phi) is 5.52. The molecule has 5 rings (SSSR count). The van der Waals surface area contributed by atoms with E-state index in [1.165, 1.54) is 48.3 Å². The van der Waals surface area contributed by atoms with Crippen molar-refractivity contribution in [3.63, 3.8) is 0 Å². The quantitative estimate of drug-likeness (QED) is 0.536. The molecule has 2 aliphatic rings. The number of fused-ring (bicyclic) bond motifs is 3. The molecule has 3 heterocycles. The largest absolute Gasteiger partial charge is 0.348 e. The summed E-state index contributed by atoms with van der Waals surface area (Å²) in [5.41, 5.74) is 1.35. The molecule has 6 heteroatoms. The fourth-order valence-corrected chi connectivity index (χ4v) is 6.53. The van der Waals surface area contributed by atoms with Crippen LogP contribution in [0, 0.1) is 5.82 Å². The van der Waals surface area contributed by atoms with E-state index in [9.17, 15) is 9.18 Å². The fourth-order valence-electron chi connectivity index (χ4n) is 5.08. The van der Waals surface area contributed by atoms with Crippen LogP contribution in [0.2, 0.25) is 5.02 Å². The van der Waals surface area contributed by atoms with Gasteiger partial charge >= 0.3 is 0 Å². The first-order valence-corrected chi connectivity index (χ1v) is 11.8. The zero-order valence-corrected chi connectivity index (χ0v) is 18.2. The number of thiophene rings is 1. The molecule has 2 bridgehead atoms. The molecule has 3 nitrogen and oxygen atoms in total. The van der Waals surface area contributed by atoms with E-state index >= 15 is 0 Å². The van der Waals surface area contributed by atoms with Crippen LogP contribution >= 0.6 is 22.9 Å². The summed E-state index contributed by atoms with van der Waals surface area (Å²) in [5.74, 6) is -0.452. The van der Waals surface area contributed by atoms with Gasteiger partial charge in [-0.3, -0.25) is 9.69 Å². The summed E-state index contributed by atoms with van der Waals surface area (Å²) >= 11 is 7.71. The molecular weight excluding hydrogens is 419 g/mol. The highest BCUT2D eigenvalue weighted by Gasteiger charge is 2.38. The van der Waals surface area contributed by atoms with Gasteiger partial charge in [-0.15, -0.1) is 11.3 Å². The van der Waals surface area contributed by atoms with Gasteiger partial charge in [0.2, 0.25) is 0 Å². The van der Waals surface area contributed by atoms with Crippen molar-refractivity contribution in [2.24, 2.45) is 0 Å². The zero-order chi connectivity index (χ0) is 20.7. The molecule has 156 valence electrons. The van der Waals surface area contributed by atoms with Crippen molar-refractivity contribution in [2.45, 2.75) is 56.8 Å². The van der Waals surface area contributed by atoms with Crippen molar-refractivity contribution in [3.8, 4) is 0 Å². The first-order chi connectivity index (χ1) is 14.6. The number of halogens is 2. The topological polar surface area (TPSA) is 32.3 Å². The monoisotopic (exact) mass is 442 g/mol. The normalized spacial score (nSPS) is 24.1. The van der Waals surface area contributed by atoms with Crippen molar-refractivity contribution in [3.05, 3.63) is 69.8 Å². The molecule has 2 saturated heterocycles. The first kappa shape index (κ1) is 20.0. The van der Waals surface area contributed by atoms with Crippen LogP contribution in [-0.4, -0.2) is 28.9 Å². The molecule has 1 unspecified atom stereocenters. The highest BCUT2D eigenvalue weighted by atomic mass is 35.5. The minimum atomic E-state index is -0.314. The number of hydrogen-bond acceptors (Lipinski definition) is 3. The molecule has 2 aliphatic heterocycles. The molecule has 3 atom stereocenters. The van der Waals surface area contributed by atoms with Crippen molar-refractivity contribution in [1.82, 2.24) is 10.2 Å². The van der Waals surface area contributed by atoms with Gasteiger partial charge in [-0.25, -0.2) is 4.39 Å². The number of nitrogens with zero attached hydrogens (tertiary/aromatic N) is 1. The zero-order valence-electron chi connectivity index (χ0n) is 16.6. The van der Waals surface area contributed by atoms with E-state index in [4.69, 9.17) is 11.6 Å². The summed E-state index contributed by atoms with van der Waals surface area (Å²) < 4.78 is 14.2. The van der Waals surface area contributed by atoms with Crippen LogP contribution in [0.4, 0.5) is 4.39 Å². The Morgan fingerprint density at radius 2 is 1.87 bits per heavy atom. The Labute approximate surface area is 184 Å². The van der Waals surface area contributed by atoms with Gasteiger partial charge in [0.25, 0.3) is 5.91 Å². The van der Waals surface area contributed by atoms with Gasteiger partial charge in [-0.2, -0.15) is 0 Å². The summed E-state index contributed by atoms with van der Waals surface area (Å²) in [6.45, 7) is 0.977. The average Bonchev–Trinajstić information content (AvgIpc) is 3.05. The van der Waals surface area contributed by atoms with Crippen LogP contribution in [0.1, 0.15) is 47.3 Å². The van der Waals surface area contributed by atoms with Crippen LogP contribution in [-0.2, 0) is 6.54 Å².